The Morgan fingerprint density at radius 1 is 1.30 bits per heavy atom. The summed E-state index contributed by atoms with van der Waals surface area (Å²) in [6.45, 7) is 9.89. The first kappa shape index (κ1) is 18.9. The molecule has 20 heavy (non-hydrogen) atoms. The van der Waals surface area contributed by atoms with Crippen LogP contribution < -0.4 is 0 Å². The Morgan fingerprint density at radius 3 is 2.45 bits per heavy atom. The highest BCUT2D eigenvalue weighted by Gasteiger charge is 2.05. The van der Waals surface area contributed by atoms with Gasteiger partial charge in [-0.3, -0.25) is 9.78 Å². The van der Waals surface area contributed by atoms with Crippen molar-refractivity contribution in [2.45, 2.75) is 53.9 Å². The quantitative estimate of drug-likeness (QED) is 0.697. The molecule has 1 heterocycles. The molecular formula is C17H27NOS. The summed E-state index contributed by atoms with van der Waals surface area (Å²) in [5, 5.41) is 0. The average molecular weight is 293 g/mol. The fourth-order valence-electron chi connectivity index (χ4n) is 1.47. The van der Waals surface area contributed by atoms with Crippen molar-refractivity contribution in [1.29, 1.82) is 0 Å². The number of hydrogen-bond acceptors (Lipinski definition) is 3. The van der Waals surface area contributed by atoms with E-state index in [0.717, 1.165) is 29.9 Å². The number of ketones is 1. The minimum Gasteiger partial charge on any atom is -0.299 e. The van der Waals surface area contributed by atoms with E-state index in [2.05, 4.69) is 31.0 Å². The number of pyridine rings is 1. The number of thioether (sulfide) groups is 1. The van der Waals surface area contributed by atoms with Crippen LogP contribution in [-0.4, -0.2) is 16.5 Å². The van der Waals surface area contributed by atoms with Crippen LogP contribution in [0.1, 0.15) is 58.7 Å². The monoisotopic (exact) mass is 293 g/mol. The normalized spacial score (nSPS) is 10.8. The molecule has 0 N–H and O–H groups in total. The lowest BCUT2D eigenvalue weighted by atomic mass is 10.2. The van der Waals surface area contributed by atoms with Crippen LogP contribution in [0.4, 0.5) is 0 Å². The molecule has 0 spiro atoms. The van der Waals surface area contributed by atoms with Crippen molar-refractivity contribution >= 4 is 22.5 Å². The lowest BCUT2D eigenvalue weighted by Crippen LogP contribution is -1.95. The number of rotatable bonds is 7. The van der Waals surface area contributed by atoms with Gasteiger partial charge in [-0.1, -0.05) is 46.3 Å². The molecule has 0 aliphatic heterocycles. The zero-order valence-corrected chi connectivity index (χ0v) is 14.2. The minimum absolute atomic E-state index is 0.201. The molecule has 0 bridgehead atoms. The topological polar surface area (TPSA) is 30.0 Å². The van der Waals surface area contributed by atoms with Gasteiger partial charge in [0.2, 0.25) is 0 Å². The third-order valence-corrected chi connectivity index (χ3v) is 3.77. The van der Waals surface area contributed by atoms with Crippen molar-refractivity contribution in [1.82, 2.24) is 4.98 Å². The van der Waals surface area contributed by atoms with Gasteiger partial charge in [0, 0.05) is 11.1 Å². The third kappa shape index (κ3) is 7.49. The van der Waals surface area contributed by atoms with Gasteiger partial charge in [0.25, 0.3) is 0 Å². The standard InChI is InChI=1S/C15H21NOS.C2H6/c1-4-6-7-15(18-11-12(3)17)14-9-8-13(5-2)10-16-14;1-2/h7-10H,4-6,11H2,1-3H3;1-2H3/b15-7-;. The van der Waals surface area contributed by atoms with Gasteiger partial charge >= 0.3 is 0 Å². The van der Waals surface area contributed by atoms with Gasteiger partial charge in [0.15, 0.2) is 0 Å². The zero-order chi connectivity index (χ0) is 15.4. The Bertz CT molecular complexity index is 410. The summed E-state index contributed by atoms with van der Waals surface area (Å²) in [6.07, 6.45) is 7.24. The second kappa shape index (κ2) is 11.7. The summed E-state index contributed by atoms with van der Waals surface area (Å²) >= 11 is 1.59. The van der Waals surface area contributed by atoms with E-state index in [1.54, 1.807) is 18.7 Å². The van der Waals surface area contributed by atoms with Crippen LogP contribution in [0.2, 0.25) is 0 Å². The largest absolute Gasteiger partial charge is 0.299 e. The maximum atomic E-state index is 11.1. The van der Waals surface area contributed by atoms with Crippen molar-refractivity contribution in [2.24, 2.45) is 0 Å². The molecule has 0 saturated heterocycles. The van der Waals surface area contributed by atoms with Gasteiger partial charge < -0.3 is 0 Å². The summed E-state index contributed by atoms with van der Waals surface area (Å²) in [4.78, 5) is 16.7. The Balaban J connectivity index is 0.00000172. The van der Waals surface area contributed by atoms with E-state index in [1.807, 2.05) is 26.1 Å². The molecule has 1 aromatic rings. The van der Waals surface area contributed by atoms with E-state index >= 15 is 0 Å². The van der Waals surface area contributed by atoms with Crippen molar-refractivity contribution in [3.63, 3.8) is 0 Å². The van der Waals surface area contributed by atoms with E-state index in [4.69, 9.17) is 0 Å². The second-order valence-corrected chi connectivity index (χ2v) is 5.27. The van der Waals surface area contributed by atoms with Gasteiger partial charge in [-0.15, -0.1) is 11.8 Å². The SMILES string of the molecule is CC.CCC/C=C(\SCC(C)=O)c1ccc(CC)cn1. The molecule has 1 rings (SSSR count). The lowest BCUT2D eigenvalue weighted by Gasteiger charge is -2.06. The Labute approximate surface area is 128 Å². The molecule has 1 aromatic heterocycles. The molecule has 0 atom stereocenters. The molecule has 0 amide bonds. The number of allylic oxidation sites excluding steroid dienone is 1. The summed E-state index contributed by atoms with van der Waals surface area (Å²) in [5.41, 5.74) is 2.22. The molecule has 112 valence electrons. The summed E-state index contributed by atoms with van der Waals surface area (Å²) < 4.78 is 0. The minimum atomic E-state index is 0.201. The highest BCUT2D eigenvalue weighted by Crippen LogP contribution is 2.27. The molecule has 2 nitrogen and oxygen atoms in total. The molecular weight excluding hydrogens is 266 g/mol. The first-order chi connectivity index (χ1) is 9.67. The number of Topliss-reactive ketones (excluding diaryl/α,β-unsaturated/α-hetero) is 1. The van der Waals surface area contributed by atoms with E-state index in [1.165, 1.54) is 5.56 Å². The molecule has 0 aliphatic carbocycles. The van der Waals surface area contributed by atoms with Crippen LogP contribution in [0.25, 0.3) is 4.91 Å². The molecule has 0 aromatic carbocycles. The van der Waals surface area contributed by atoms with E-state index < -0.39 is 0 Å². The van der Waals surface area contributed by atoms with Crippen LogP contribution in [0.3, 0.4) is 0 Å². The number of carbonyl (C=O) groups is 1. The number of carbonyl (C=O) groups excluding carboxylic acids is 1. The van der Waals surface area contributed by atoms with E-state index in [9.17, 15) is 4.79 Å². The number of nitrogens with zero attached hydrogens (tertiary/aromatic N) is 1. The smallest absolute Gasteiger partial charge is 0.140 e. The fourth-order valence-corrected chi connectivity index (χ4v) is 2.33. The number of aryl methyl sites for hydroxylation is 1. The molecule has 0 aliphatic rings. The maximum Gasteiger partial charge on any atom is 0.140 e. The van der Waals surface area contributed by atoms with E-state index in [-0.39, 0.29) is 5.78 Å². The maximum absolute atomic E-state index is 11.1. The van der Waals surface area contributed by atoms with E-state index in [0.29, 0.717) is 5.75 Å². The number of unbranched alkanes of at least 4 members (excludes halogenated alkanes) is 1. The summed E-state index contributed by atoms with van der Waals surface area (Å²) in [7, 11) is 0. The van der Waals surface area contributed by atoms with Crippen LogP contribution in [0.15, 0.2) is 24.4 Å². The number of hydrogen-bond donors (Lipinski definition) is 0. The second-order valence-electron chi connectivity index (χ2n) is 4.25. The first-order valence-corrected chi connectivity index (χ1v) is 8.43. The van der Waals surface area contributed by atoms with Gasteiger partial charge in [0.05, 0.1) is 11.4 Å². The Hall–Kier alpha value is -1.09. The predicted octanol–water partition coefficient (Wildman–Crippen LogP) is 5.13. The highest BCUT2D eigenvalue weighted by atomic mass is 32.2. The third-order valence-electron chi connectivity index (χ3n) is 2.53. The molecule has 3 heteroatoms. The fraction of sp³-hybridized carbons (Fsp3) is 0.529. The van der Waals surface area contributed by atoms with Gasteiger partial charge in [0.1, 0.15) is 5.78 Å². The van der Waals surface area contributed by atoms with Crippen LogP contribution in [-0.2, 0) is 11.2 Å². The van der Waals surface area contributed by atoms with Crippen molar-refractivity contribution in [3.05, 3.63) is 35.7 Å². The summed E-state index contributed by atoms with van der Waals surface area (Å²) in [6, 6.07) is 4.16. The van der Waals surface area contributed by atoms with Crippen LogP contribution >= 0.6 is 11.8 Å². The Kier molecular flexibility index (Phi) is 11.1. The van der Waals surface area contributed by atoms with Crippen molar-refractivity contribution in [3.8, 4) is 0 Å². The molecule has 0 unspecified atom stereocenters. The average Bonchev–Trinajstić information content (AvgIpc) is 2.49. The zero-order valence-electron chi connectivity index (χ0n) is 13.4. The predicted molar refractivity (Wildman–Crippen MR) is 91.0 cm³/mol. The molecule has 0 saturated carbocycles. The highest BCUT2D eigenvalue weighted by molar-refractivity contribution is 8.08. The Morgan fingerprint density at radius 2 is 2.00 bits per heavy atom. The van der Waals surface area contributed by atoms with Crippen molar-refractivity contribution in [2.75, 3.05) is 5.75 Å². The van der Waals surface area contributed by atoms with Crippen LogP contribution in [0.5, 0.6) is 0 Å². The van der Waals surface area contributed by atoms with Crippen molar-refractivity contribution < 1.29 is 4.79 Å². The first-order valence-electron chi connectivity index (χ1n) is 7.45. The molecule has 0 radical (unpaired) electrons. The lowest BCUT2D eigenvalue weighted by molar-refractivity contribution is -0.114. The van der Waals surface area contributed by atoms with Gasteiger partial charge in [-0.05, 0) is 31.4 Å². The molecule has 0 fully saturated rings. The summed E-state index contributed by atoms with van der Waals surface area (Å²) in [5.74, 6) is 0.722. The van der Waals surface area contributed by atoms with Gasteiger partial charge in [-0.2, -0.15) is 0 Å². The van der Waals surface area contributed by atoms with Crippen LogP contribution in [0, 0.1) is 0 Å². The number of aromatic nitrogens is 1. The van der Waals surface area contributed by atoms with Gasteiger partial charge in [-0.25, -0.2) is 0 Å².